The Kier molecular flexibility index (Phi) is 2.26. The van der Waals surface area contributed by atoms with Crippen molar-refractivity contribution in [2.75, 3.05) is 14.1 Å². The topological polar surface area (TPSA) is 96.6 Å². The molecule has 14 heavy (non-hydrogen) atoms. The summed E-state index contributed by atoms with van der Waals surface area (Å²) in [4.78, 5) is 31.4. The third-order valence-corrected chi connectivity index (χ3v) is 1.98. The van der Waals surface area contributed by atoms with Crippen molar-refractivity contribution in [3.05, 3.63) is 0 Å². The second-order valence-corrected chi connectivity index (χ2v) is 2.75. The highest BCUT2D eigenvalue weighted by atomic mass is 16.2. The molecule has 0 fully saturated rings. The summed E-state index contributed by atoms with van der Waals surface area (Å²) in [6.45, 7) is 0. The third-order valence-electron chi connectivity index (χ3n) is 1.98. The molecule has 0 aromatic carbocycles. The van der Waals surface area contributed by atoms with E-state index in [1.165, 1.54) is 18.0 Å². The Bertz CT molecular complexity index is 407. The normalized spacial score (nSPS) is 19.6. The van der Waals surface area contributed by atoms with Crippen LogP contribution in [0.5, 0.6) is 0 Å². The summed E-state index contributed by atoms with van der Waals surface area (Å²) in [5, 5.41) is 0. The van der Waals surface area contributed by atoms with Gasteiger partial charge in [-0.25, -0.2) is 14.6 Å². The molecule has 2 aliphatic rings. The van der Waals surface area contributed by atoms with Crippen molar-refractivity contribution in [3.8, 4) is 0 Å². The minimum absolute atomic E-state index is 0. The number of nitrogens with zero attached hydrogens (tertiary/aromatic N) is 4. The van der Waals surface area contributed by atoms with Gasteiger partial charge in [-0.2, -0.15) is 9.48 Å². The Balaban J connectivity index is 0.000000980. The quantitative estimate of drug-likeness (QED) is 0.431. The highest BCUT2D eigenvalue weighted by Gasteiger charge is 2.42. The number of carbonyl (C=O) groups is 2. The van der Waals surface area contributed by atoms with Gasteiger partial charge in [0, 0.05) is 0 Å². The van der Waals surface area contributed by atoms with Gasteiger partial charge >= 0.3 is 11.9 Å². The van der Waals surface area contributed by atoms with E-state index in [-0.39, 0.29) is 11.2 Å². The molecule has 0 saturated heterocycles. The van der Waals surface area contributed by atoms with E-state index in [4.69, 9.17) is 0 Å². The smallest absolute Gasteiger partial charge is 0.412 e. The van der Waals surface area contributed by atoms with E-state index in [0.717, 1.165) is 4.90 Å². The monoisotopic (exact) mass is 197 g/mol. The zero-order valence-electron chi connectivity index (χ0n) is 7.68. The highest BCUT2D eigenvalue weighted by molar-refractivity contribution is 6.69. The molecule has 2 N–H and O–H groups in total. The van der Waals surface area contributed by atoms with E-state index in [1.54, 1.807) is 7.05 Å². The Morgan fingerprint density at radius 1 is 1.43 bits per heavy atom. The van der Waals surface area contributed by atoms with Crippen LogP contribution in [0.3, 0.4) is 0 Å². The van der Waals surface area contributed by atoms with Crippen LogP contribution in [0.2, 0.25) is 0 Å². The number of fused-ring (bicyclic) bond motifs is 1. The Morgan fingerprint density at radius 3 is 2.71 bits per heavy atom. The fourth-order valence-corrected chi connectivity index (χ4v) is 1.22. The average molecular weight is 197 g/mol. The molecule has 0 aromatic heterocycles. The summed E-state index contributed by atoms with van der Waals surface area (Å²) < 4.78 is 1.30. The minimum Gasteiger partial charge on any atom is -0.412 e. The molecule has 74 valence electrons. The van der Waals surface area contributed by atoms with Gasteiger partial charge in [-0.1, -0.05) is 4.99 Å². The van der Waals surface area contributed by atoms with Crippen molar-refractivity contribution in [1.82, 2.24) is 4.90 Å². The summed E-state index contributed by atoms with van der Waals surface area (Å²) in [5.41, 5.74) is 0.226. The Morgan fingerprint density at radius 2 is 2.07 bits per heavy atom. The van der Waals surface area contributed by atoms with Crippen LogP contribution >= 0.6 is 0 Å². The number of urea groups is 1. The zero-order valence-corrected chi connectivity index (χ0v) is 7.68. The molecule has 0 saturated carbocycles. The van der Waals surface area contributed by atoms with Gasteiger partial charge in [-0.05, 0) is 0 Å². The van der Waals surface area contributed by atoms with Crippen molar-refractivity contribution in [1.29, 1.82) is 0 Å². The van der Waals surface area contributed by atoms with E-state index >= 15 is 0 Å². The predicted molar refractivity (Wildman–Crippen MR) is 48.9 cm³/mol. The fourth-order valence-electron chi connectivity index (χ4n) is 1.22. The first kappa shape index (κ1) is 10.2. The van der Waals surface area contributed by atoms with E-state index < -0.39 is 11.9 Å². The third kappa shape index (κ3) is 1.06. The maximum atomic E-state index is 11.4. The van der Waals surface area contributed by atoms with Crippen molar-refractivity contribution >= 4 is 29.8 Å². The summed E-state index contributed by atoms with van der Waals surface area (Å²) in [7, 11) is 2.97. The molecule has 2 heterocycles. The molecule has 0 aliphatic carbocycles. The summed E-state index contributed by atoms with van der Waals surface area (Å²) in [6.07, 6.45) is 1.27. The van der Waals surface area contributed by atoms with Crippen LogP contribution in [0.1, 0.15) is 0 Å². The van der Waals surface area contributed by atoms with Gasteiger partial charge in [0.05, 0.1) is 14.1 Å². The first-order chi connectivity index (χ1) is 6.13. The molecule has 2 aliphatic heterocycles. The van der Waals surface area contributed by atoms with Gasteiger partial charge in [0.2, 0.25) is 5.71 Å². The molecular weight excluding hydrogens is 188 g/mol. The standard InChI is InChI=1S/C7H7N4O2.H2O/c1-10-5-4(8-3-9-5)6(12)11(2)7(10)13;/h3H,1-2H3;1H2/q+1;. The summed E-state index contributed by atoms with van der Waals surface area (Å²) in [6, 6.07) is -0.391. The van der Waals surface area contributed by atoms with E-state index in [1.807, 2.05) is 0 Å². The number of amides is 3. The first-order valence-corrected chi connectivity index (χ1v) is 3.66. The molecule has 0 spiro atoms. The van der Waals surface area contributed by atoms with Gasteiger partial charge in [-0.3, -0.25) is 0 Å². The number of amidine groups is 1. The summed E-state index contributed by atoms with van der Waals surface area (Å²) >= 11 is 0. The van der Waals surface area contributed by atoms with E-state index in [2.05, 4.69) is 9.98 Å². The van der Waals surface area contributed by atoms with Gasteiger partial charge in [-0.15, -0.1) is 0 Å². The molecule has 3 amide bonds. The van der Waals surface area contributed by atoms with Gasteiger partial charge in [0.25, 0.3) is 5.84 Å². The molecule has 0 radical (unpaired) electrons. The molecule has 7 nitrogen and oxygen atoms in total. The number of aliphatic imine (C=N–C) groups is 2. The van der Waals surface area contributed by atoms with Crippen LogP contribution in [-0.4, -0.2) is 58.9 Å². The van der Waals surface area contributed by atoms with Crippen LogP contribution in [0.25, 0.3) is 0 Å². The lowest BCUT2D eigenvalue weighted by Crippen LogP contribution is -2.51. The van der Waals surface area contributed by atoms with Crippen LogP contribution in [0.15, 0.2) is 9.98 Å². The minimum atomic E-state index is -0.407. The van der Waals surface area contributed by atoms with Crippen LogP contribution in [0.4, 0.5) is 4.79 Å². The van der Waals surface area contributed by atoms with Crippen molar-refractivity contribution in [2.24, 2.45) is 9.98 Å². The molecule has 7 heteroatoms. The van der Waals surface area contributed by atoms with Crippen molar-refractivity contribution < 1.29 is 19.6 Å². The van der Waals surface area contributed by atoms with Crippen molar-refractivity contribution in [3.63, 3.8) is 0 Å². The van der Waals surface area contributed by atoms with Crippen LogP contribution in [0, 0.1) is 0 Å². The van der Waals surface area contributed by atoms with E-state index in [9.17, 15) is 9.59 Å². The van der Waals surface area contributed by atoms with Crippen molar-refractivity contribution in [2.45, 2.75) is 0 Å². The van der Waals surface area contributed by atoms with E-state index in [0.29, 0.717) is 5.84 Å². The first-order valence-electron chi connectivity index (χ1n) is 3.66. The Hall–Kier alpha value is -1.89. The summed E-state index contributed by atoms with van der Waals surface area (Å²) in [5.74, 6) is -0.0799. The molecule has 2 rings (SSSR count). The maximum Gasteiger partial charge on any atom is 0.446 e. The van der Waals surface area contributed by atoms with Gasteiger partial charge < -0.3 is 5.48 Å². The average Bonchev–Trinajstić information content (AvgIpc) is 2.59. The molecular formula is C7H9N4O3+. The number of imide groups is 1. The fraction of sp³-hybridized carbons (Fsp3) is 0.286. The number of hydrogen-bond acceptors (Lipinski definition) is 4. The molecule has 0 bridgehead atoms. The van der Waals surface area contributed by atoms with Gasteiger partial charge in [0.1, 0.15) is 0 Å². The number of carbonyl (C=O) groups excluding carboxylic acids is 2. The van der Waals surface area contributed by atoms with Crippen LogP contribution in [-0.2, 0) is 4.79 Å². The maximum absolute atomic E-state index is 11.4. The second kappa shape index (κ2) is 3.11. The lowest BCUT2D eigenvalue weighted by molar-refractivity contribution is -0.401. The SMILES string of the molecule is CN1C(=O)C2=NC=NC2=[N+](C)C1=O.O. The molecule has 0 unspecified atom stereocenters. The lowest BCUT2D eigenvalue weighted by Gasteiger charge is -2.15. The Labute approximate surface area is 79.4 Å². The predicted octanol–water partition coefficient (Wildman–Crippen LogP) is -1.72. The highest BCUT2D eigenvalue weighted by Crippen LogP contribution is 2.06. The van der Waals surface area contributed by atoms with Crippen LogP contribution < -0.4 is 0 Å². The second-order valence-electron chi connectivity index (χ2n) is 2.75. The number of hydrogen-bond donors (Lipinski definition) is 0. The lowest BCUT2D eigenvalue weighted by atomic mass is 10.2. The molecule has 0 aromatic rings. The van der Waals surface area contributed by atoms with Gasteiger partial charge in [0.15, 0.2) is 6.34 Å². The number of rotatable bonds is 0. The largest absolute Gasteiger partial charge is 0.446 e. The molecule has 0 atom stereocenters. The zero-order chi connectivity index (χ0) is 9.59.